The van der Waals surface area contributed by atoms with E-state index in [1.165, 1.54) is 5.57 Å². The van der Waals surface area contributed by atoms with Gasteiger partial charge in [-0.15, -0.1) is 0 Å². The van der Waals surface area contributed by atoms with E-state index in [0.717, 1.165) is 69.1 Å². The molecule has 4 aliphatic heterocycles. The highest BCUT2D eigenvalue weighted by atomic mass is 35.5. The van der Waals surface area contributed by atoms with Gasteiger partial charge in [0, 0.05) is 61.5 Å². The number of rotatable bonds is 16. The lowest BCUT2D eigenvalue weighted by molar-refractivity contribution is -0.106. The molecule has 0 saturated carbocycles. The maximum atomic E-state index is 17.6. The van der Waals surface area contributed by atoms with Crippen molar-refractivity contribution in [3.05, 3.63) is 47.0 Å². The van der Waals surface area contributed by atoms with Crippen LogP contribution in [0.3, 0.4) is 0 Å². The highest BCUT2D eigenvalue weighted by Crippen LogP contribution is 2.43. The van der Waals surface area contributed by atoms with Crippen molar-refractivity contribution >= 4 is 39.5 Å². The van der Waals surface area contributed by atoms with E-state index in [4.69, 9.17) is 64.8 Å². The fourth-order valence-electron chi connectivity index (χ4n) is 9.91. The Morgan fingerprint density at radius 3 is 2.65 bits per heavy atom. The van der Waals surface area contributed by atoms with E-state index < -0.39 is 17.0 Å². The number of nitrogens with zero attached hydrogens (tertiary/aromatic N) is 7. The van der Waals surface area contributed by atoms with Gasteiger partial charge in [0.05, 0.1) is 41.9 Å². The molecule has 4 aliphatic rings. The minimum Gasteiger partial charge on any atom is -0.471 e. The standard InChI is InChI=1S/C49H67ClFN7O8/c1-31-22-49(16-13-17-57(49)25-31)29-63-45-54-42-36(44(55-45)65-47(2,3)4)23-52-43(41(42)51)40-34(37(50)21-38-35(40)24-53-58(38)39-15-10-12-19-62-39)14-9-11-18-61-28-32-20-33(64-30-60-8)27-56(26-32)46(59)66-48(5,6)7/h21,23-24,32-33,39H,1,9-20,22,25-30H2,2-8H3/t32-,33+,39?,49+/m1/s1. The van der Waals surface area contributed by atoms with Gasteiger partial charge < -0.3 is 38.1 Å². The highest BCUT2D eigenvalue weighted by molar-refractivity contribution is 6.33. The Labute approximate surface area is 392 Å². The summed E-state index contributed by atoms with van der Waals surface area (Å²) in [4.78, 5) is 31.4. The maximum Gasteiger partial charge on any atom is 0.410 e. The van der Waals surface area contributed by atoms with Crippen LogP contribution in [0.4, 0.5) is 9.18 Å². The number of carbonyl (C=O) groups is 1. The van der Waals surface area contributed by atoms with Crippen LogP contribution < -0.4 is 9.47 Å². The molecule has 4 aromatic rings. The van der Waals surface area contributed by atoms with Gasteiger partial charge in [0.2, 0.25) is 5.88 Å². The summed E-state index contributed by atoms with van der Waals surface area (Å²) in [5.41, 5.74) is 1.91. The summed E-state index contributed by atoms with van der Waals surface area (Å²) < 4.78 is 61.3. The van der Waals surface area contributed by atoms with Crippen LogP contribution in [0.2, 0.25) is 5.02 Å². The van der Waals surface area contributed by atoms with Crippen molar-refractivity contribution in [3.63, 3.8) is 0 Å². The summed E-state index contributed by atoms with van der Waals surface area (Å²) in [5.74, 6) is -0.393. The lowest BCUT2D eigenvalue weighted by Crippen LogP contribution is -2.49. The van der Waals surface area contributed by atoms with Crippen LogP contribution in [-0.2, 0) is 30.1 Å². The monoisotopic (exact) mass is 935 g/mol. The molecule has 66 heavy (non-hydrogen) atoms. The molecule has 1 unspecified atom stereocenters. The lowest BCUT2D eigenvalue weighted by atomic mass is 9.94. The molecule has 0 N–H and O–H groups in total. The number of carbonyl (C=O) groups excluding carboxylic acids is 1. The van der Waals surface area contributed by atoms with Crippen LogP contribution in [0.25, 0.3) is 33.1 Å². The number of unbranched alkanes of at least 4 members (excludes halogenated alkanes) is 1. The fourth-order valence-corrected chi connectivity index (χ4v) is 10.2. The molecule has 17 heteroatoms. The fraction of sp³-hybridized carbons (Fsp3) is 0.653. The van der Waals surface area contributed by atoms with Crippen molar-refractivity contribution in [2.24, 2.45) is 5.92 Å². The van der Waals surface area contributed by atoms with Gasteiger partial charge >= 0.3 is 12.1 Å². The Morgan fingerprint density at radius 2 is 1.89 bits per heavy atom. The van der Waals surface area contributed by atoms with Crippen molar-refractivity contribution < 1.29 is 42.3 Å². The van der Waals surface area contributed by atoms with Crippen molar-refractivity contribution in [2.75, 3.05) is 66.5 Å². The lowest BCUT2D eigenvalue weighted by Gasteiger charge is -2.38. The second kappa shape index (κ2) is 20.2. The van der Waals surface area contributed by atoms with E-state index in [0.29, 0.717) is 80.1 Å². The molecule has 0 aliphatic carbocycles. The predicted octanol–water partition coefficient (Wildman–Crippen LogP) is 9.47. The molecule has 8 rings (SSSR count). The summed E-state index contributed by atoms with van der Waals surface area (Å²) in [6.07, 6.45) is 10.8. The number of pyridine rings is 1. The molecule has 0 bridgehead atoms. The first-order chi connectivity index (χ1) is 31.5. The highest BCUT2D eigenvalue weighted by Gasteiger charge is 2.46. The van der Waals surface area contributed by atoms with Crippen LogP contribution in [0.1, 0.15) is 111 Å². The van der Waals surface area contributed by atoms with Crippen molar-refractivity contribution in [2.45, 2.75) is 135 Å². The van der Waals surface area contributed by atoms with Gasteiger partial charge in [-0.3, -0.25) is 9.88 Å². The summed E-state index contributed by atoms with van der Waals surface area (Å²) in [5, 5.41) is 6.32. The quantitative estimate of drug-likeness (QED) is 0.0598. The number of amides is 1. The van der Waals surface area contributed by atoms with Crippen molar-refractivity contribution in [1.29, 1.82) is 0 Å². The zero-order valence-electron chi connectivity index (χ0n) is 39.8. The van der Waals surface area contributed by atoms with Gasteiger partial charge in [0.1, 0.15) is 35.8 Å². The number of halogens is 2. The first-order valence-electron chi connectivity index (χ1n) is 23.6. The summed E-state index contributed by atoms with van der Waals surface area (Å²) >= 11 is 7.25. The minimum atomic E-state index is -0.651. The molecular weight excluding hydrogens is 869 g/mol. The van der Waals surface area contributed by atoms with Crippen molar-refractivity contribution in [3.8, 4) is 23.1 Å². The zero-order valence-corrected chi connectivity index (χ0v) is 40.5. The third-order valence-electron chi connectivity index (χ3n) is 12.7. The Balaban J connectivity index is 1.06. The molecule has 1 amide bonds. The Bertz CT molecular complexity index is 2380. The molecular formula is C49H67ClFN7O8. The zero-order chi connectivity index (χ0) is 46.8. The number of aromatic nitrogens is 5. The van der Waals surface area contributed by atoms with Gasteiger partial charge in [-0.2, -0.15) is 15.1 Å². The van der Waals surface area contributed by atoms with Crippen LogP contribution in [0.15, 0.2) is 30.6 Å². The first-order valence-corrected chi connectivity index (χ1v) is 23.9. The SMILES string of the molecule is C=C1CN2CCC[C@@]2(COc2nc(OC(C)(C)C)c3cnc(-c4c(CCCCOC[C@@H]5C[C@H](OCOC)CN(C(=O)OC(C)(C)C)C5)c(Cl)cc5c4cnn5C4CCCCO4)c(F)c3n2)C1. The Morgan fingerprint density at radius 1 is 1.06 bits per heavy atom. The molecule has 4 fully saturated rings. The molecule has 3 aromatic heterocycles. The van der Waals surface area contributed by atoms with E-state index in [-0.39, 0.29) is 59.8 Å². The van der Waals surface area contributed by atoms with Gasteiger partial charge in [0.25, 0.3) is 0 Å². The van der Waals surface area contributed by atoms with E-state index in [1.54, 1.807) is 24.4 Å². The molecule has 4 saturated heterocycles. The molecule has 0 spiro atoms. The molecule has 7 heterocycles. The van der Waals surface area contributed by atoms with Crippen LogP contribution in [0.5, 0.6) is 11.9 Å². The number of methoxy groups -OCH3 is 1. The summed E-state index contributed by atoms with van der Waals surface area (Å²) in [7, 11) is 1.58. The molecule has 15 nitrogen and oxygen atoms in total. The Hall–Kier alpha value is -4.19. The van der Waals surface area contributed by atoms with E-state index in [9.17, 15) is 4.79 Å². The van der Waals surface area contributed by atoms with E-state index in [1.807, 2.05) is 52.3 Å². The Kier molecular flexibility index (Phi) is 14.8. The smallest absolute Gasteiger partial charge is 0.410 e. The predicted molar refractivity (Wildman–Crippen MR) is 249 cm³/mol. The number of piperidine rings is 1. The largest absolute Gasteiger partial charge is 0.471 e. The number of benzene rings is 1. The van der Waals surface area contributed by atoms with Crippen molar-refractivity contribution in [1.82, 2.24) is 34.5 Å². The van der Waals surface area contributed by atoms with Gasteiger partial charge in [-0.05, 0) is 124 Å². The van der Waals surface area contributed by atoms with Gasteiger partial charge in [-0.25, -0.2) is 13.9 Å². The van der Waals surface area contributed by atoms with Crippen LogP contribution in [-0.4, -0.2) is 130 Å². The number of fused-ring (bicyclic) bond motifs is 3. The van der Waals surface area contributed by atoms with Crippen LogP contribution in [0, 0.1) is 11.7 Å². The molecule has 1 aromatic carbocycles. The van der Waals surface area contributed by atoms with E-state index in [2.05, 4.69) is 11.5 Å². The van der Waals surface area contributed by atoms with Crippen LogP contribution >= 0.6 is 11.6 Å². The second-order valence-electron chi connectivity index (χ2n) is 20.4. The average molecular weight is 937 g/mol. The number of hydrogen-bond donors (Lipinski definition) is 0. The third-order valence-corrected chi connectivity index (χ3v) is 13.1. The van der Waals surface area contributed by atoms with Gasteiger partial charge in [-0.1, -0.05) is 23.8 Å². The molecule has 4 atom stereocenters. The number of hydrogen-bond acceptors (Lipinski definition) is 13. The first kappa shape index (κ1) is 48.3. The minimum absolute atomic E-state index is 0.0408. The summed E-state index contributed by atoms with van der Waals surface area (Å²) in [6.45, 7) is 20.4. The topological polar surface area (TPSA) is 145 Å². The van der Waals surface area contributed by atoms with Gasteiger partial charge in [0.15, 0.2) is 12.0 Å². The van der Waals surface area contributed by atoms with E-state index >= 15 is 4.39 Å². The normalized spacial score (nSPS) is 23.0. The maximum absolute atomic E-state index is 17.6. The molecule has 0 radical (unpaired) electrons. The second-order valence-corrected chi connectivity index (χ2v) is 20.9. The molecule has 360 valence electrons. The number of ether oxygens (including phenoxy) is 7. The number of likely N-dealkylation sites (tertiary alicyclic amines) is 1. The average Bonchev–Trinajstić information content (AvgIpc) is 3.95. The third kappa shape index (κ3) is 11.1. The summed E-state index contributed by atoms with van der Waals surface area (Å²) in [6, 6.07) is 1.95.